The average molecular weight is 326 g/mol. The number of aromatic nitrogens is 2. The first kappa shape index (κ1) is 16.0. The maximum Gasteiger partial charge on any atom is 0.260 e. The molecule has 1 aromatic carbocycles. The summed E-state index contributed by atoms with van der Waals surface area (Å²) in [5.74, 6) is 1.82. The molecule has 24 heavy (non-hydrogen) atoms. The normalized spacial score (nSPS) is 17.3. The number of piperidine rings is 1. The van der Waals surface area contributed by atoms with Crippen molar-refractivity contribution in [2.75, 3.05) is 19.7 Å². The van der Waals surface area contributed by atoms with E-state index in [9.17, 15) is 4.79 Å². The summed E-state index contributed by atoms with van der Waals surface area (Å²) in [6.45, 7) is 3.02. The first-order valence-corrected chi connectivity index (χ1v) is 7.86. The number of rotatable bonds is 4. The average Bonchev–Trinajstić information content (AvgIpc) is 3.06. The molecule has 0 spiro atoms. The van der Waals surface area contributed by atoms with E-state index in [1.807, 2.05) is 6.07 Å². The minimum Gasteiger partial charge on any atom is -0.484 e. The second-order valence-corrected chi connectivity index (χ2v) is 5.78. The number of likely N-dealkylation sites (tertiary alicyclic amines) is 1. The Bertz CT molecular complexity index is 748. The van der Waals surface area contributed by atoms with Gasteiger partial charge in [0, 0.05) is 25.9 Å². The highest BCUT2D eigenvalue weighted by molar-refractivity contribution is 5.78. The van der Waals surface area contributed by atoms with Crippen LogP contribution in [0, 0.1) is 18.3 Å². The zero-order valence-corrected chi connectivity index (χ0v) is 13.4. The number of nitriles is 1. The third-order valence-electron chi connectivity index (χ3n) is 4.03. The number of ether oxygens (including phenoxy) is 1. The Morgan fingerprint density at radius 3 is 2.92 bits per heavy atom. The van der Waals surface area contributed by atoms with Crippen LogP contribution in [-0.4, -0.2) is 40.6 Å². The molecule has 3 rings (SSSR count). The monoisotopic (exact) mass is 326 g/mol. The van der Waals surface area contributed by atoms with Gasteiger partial charge in [0.1, 0.15) is 5.75 Å². The number of benzene rings is 1. The fourth-order valence-corrected chi connectivity index (χ4v) is 2.76. The van der Waals surface area contributed by atoms with Gasteiger partial charge in [0.2, 0.25) is 5.89 Å². The van der Waals surface area contributed by atoms with Gasteiger partial charge >= 0.3 is 0 Å². The second kappa shape index (κ2) is 7.13. The summed E-state index contributed by atoms with van der Waals surface area (Å²) >= 11 is 0. The third-order valence-corrected chi connectivity index (χ3v) is 4.03. The molecule has 1 fully saturated rings. The lowest BCUT2D eigenvalue weighted by Crippen LogP contribution is -2.41. The van der Waals surface area contributed by atoms with Crippen molar-refractivity contribution < 1.29 is 14.1 Å². The quantitative estimate of drug-likeness (QED) is 0.853. The van der Waals surface area contributed by atoms with Crippen molar-refractivity contribution in [1.82, 2.24) is 15.0 Å². The van der Waals surface area contributed by atoms with Crippen LogP contribution in [0.15, 0.2) is 28.8 Å². The molecule has 7 nitrogen and oxygen atoms in total. The van der Waals surface area contributed by atoms with Gasteiger partial charge in [-0.05, 0) is 37.1 Å². The smallest absolute Gasteiger partial charge is 0.260 e. The van der Waals surface area contributed by atoms with E-state index in [1.54, 1.807) is 36.1 Å². The van der Waals surface area contributed by atoms with E-state index >= 15 is 0 Å². The van der Waals surface area contributed by atoms with Crippen LogP contribution in [-0.2, 0) is 4.79 Å². The third kappa shape index (κ3) is 3.71. The van der Waals surface area contributed by atoms with Crippen molar-refractivity contribution in [1.29, 1.82) is 5.26 Å². The number of hydrogen-bond acceptors (Lipinski definition) is 6. The minimum absolute atomic E-state index is 0.0239. The lowest BCUT2D eigenvalue weighted by Gasteiger charge is -2.31. The summed E-state index contributed by atoms with van der Waals surface area (Å²) in [5.41, 5.74) is 0.558. The van der Waals surface area contributed by atoms with Crippen LogP contribution in [0.5, 0.6) is 5.75 Å². The first-order valence-electron chi connectivity index (χ1n) is 7.86. The summed E-state index contributed by atoms with van der Waals surface area (Å²) in [4.78, 5) is 18.4. The van der Waals surface area contributed by atoms with Gasteiger partial charge in [-0.15, -0.1) is 0 Å². The highest BCUT2D eigenvalue weighted by atomic mass is 16.5. The second-order valence-electron chi connectivity index (χ2n) is 5.78. The lowest BCUT2D eigenvalue weighted by molar-refractivity contribution is -0.134. The summed E-state index contributed by atoms with van der Waals surface area (Å²) in [6, 6.07) is 8.74. The van der Waals surface area contributed by atoms with Crippen LogP contribution in [0.2, 0.25) is 0 Å². The van der Waals surface area contributed by atoms with E-state index in [2.05, 4.69) is 10.1 Å². The Balaban J connectivity index is 1.55. The molecule has 1 amide bonds. The van der Waals surface area contributed by atoms with Crippen LogP contribution in [0.25, 0.3) is 0 Å². The SMILES string of the molecule is Cc1nc(C2CCCN(C(=O)COc3ccc(C#N)cc3)C2)no1. The highest BCUT2D eigenvalue weighted by Gasteiger charge is 2.27. The van der Waals surface area contributed by atoms with Crippen LogP contribution in [0.3, 0.4) is 0 Å². The molecule has 0 bridgehead atoms. The van der Waals surface area contributed by atoms with E-state index < -0.39 is 0 Å². The number of carbonyl (C=O) groups is 1. The van der Waals surface area contributed by atoms with Crippen LogP contribution in [0.4, 0.5) is 0 Å². The van der Waals surface area contributed by atoms with Gasteiger partial charge in [0.25, 0.3) is 5.91 Å². The van der Waals surface area contributed by atoms with Crippen molar-refractivity contribution in [3.63, 3.8) is 0 Å². The van der Waals surface area contributed by atoms with E-state index in [0.717, 1.165) is 12.8 Å². The van der Waals surface area contributed by atoms with Crippen molar-refractivity contribution in [2.24, 2.45) is 0 Å². The standard InChI is InChI=1S/C17H18N4O3/c1-12-19-17(20-24-12)14-3-2-8-21(10-14)16(22)11-23-15-6-4-13(9-18)5-7-15/h4-7,14H,2-3,8,10-11H2,1H3. The zero-order valence-electron chi connectivity index (χ0n) is 13.4. The molecule has 1 atom stereocenters. The van der Waals surface area contributed by atoms with E-state index in [-0.39, 0.29) is 18.4 Å². The molecule has 1 aliphatic rings. The van der Waals surface area contributed by atoms with Crippen molar-refractivity contribution >= 4 is 5.91 Å². The van der Waals surface area contributed by atoms with Gasteiger partial charge in [0.15, 0.2) is 12.4 Å². The van der Waals surface area contributed by atoms with Crippen LogP contribution < -0.4 is 4.74 Å². The Hall–Kier alpha value is -2.88. The Kier molecular flexibility index (Phi) is 4.75. The molecule has 7 heteroatoms. The predicted molar refractivity (Wildman–Crippen MR) is 84.2 cm³/mol. The number of hydrogen-bond donors (Lipinski definition) is 0. The fourth-order valence-electron chi connectivity index (χ4n) is 2.76. The van der Waals surface area contributed by atoms with Crippen molar-refractivity contribution in [2.45, 2.75) is 25.7 Å². The maximum absolute atomic E-state index is 12.4. The summed E-state index contributed by atoms with van der Waals surface area (Å²) in [7, 11) is 0. The van der Waals surface area contributed by atoms with E-state index in [4.69, 9.17) is 14.5 Å². The fraction of sp³-hybridized carbons (Fsp3) is 0.412. The first-order chi connectivity index (χ1) is 11.7. The maximum atomic E-state index is 12.4. The van der Waals surface area contributed by atoms with Gasteiger partial charge < -0.3 is 14.2 Å². The van der Waals surface area contributed by atoms with E-state index in [0.29, 0.717) is 36.1 Å². The molecule has 0 radical (unpaired) electrons. The molecule has 0 aliphatic carbocycles. The molecular formula is C17H18N4O3. The summed E-state index contributed by atoms with van der Waals surface area (Å²) < 4.78 is 10.5. The molecule has 2 heterocycles. The van der Waals surface area contributed by atoms with Gasteiger partial charge in [-0.2, -0.15) is 10.2 Å². The van der Waals surface area contributed by atoms with E-state index in [1.165, 1.54) is 0 Å². The van der Waals surface area contributed by atoms with Crippen LogP contribution >= 0.6 is 0 Å². The van der Waals surface area contributed by atoms with Gasteiger partial charge in [-0.3, -0.25) is 4.79 Å². The number of nitrogens with zero attached hydrogens (tertiary/aromatic N) is 4. The van der Waals surface area contributed by atoms with Crippen molar-refractivity contribution in [3.05, 3.63) is 41.5 Å². The molecule has 1 unspecified atom stereocenters. The molecule has 0 N–H and O–H groups in total. The molecule has 1 aliphatic heterocycles. The zero-order chi connectivity index (χ0) is 16.9. The highest BCUT2D eigenvalue weighted by Crippen LogP contribution is 2.25. The lowest BCUT2D eigenvalue weighted by atomic mass is 9.97. The number of carbonyl (C=O) groups excluding carboxylic acids is 1. The minimum atomic E-state index is -0.0655. The number of aryl methyl sites for hydroxylation is 1. The number of amides is 1. The van der Waals surface area contributed by atoms with Crippen LogP contribution in [0.1, 0.15) is 36.0 Å². The summed E-state index contributed by atoms with van der Waals surface area (Å²) in [6.07, 6.45) is 1.85. The Morgan fingerprint density at radius 1 is 1.46 bits per heavy atom. The molecule has 2 aromatic rings. The molecule has 1 saturated heterocycles. The molecule has 0 saturated carbocycles. The van der Waals surface area contributed by atoms with Gasteiger partial charge in [0.05, 0.1) is 11.6 Å². The topological polar surface area (TPSA) is 92.2 Å². The Labute approximate surface area is 139 Å². The predicted octanol–water partition coefficient (Wildman–Crippen LogP) is 2.03. The Morgan fingerprint density at radius 2 is 2.25 bits per heavy atom. The largest absolute Gasteiger partial charge is 0.484 e. The molecule has 1 aromatic heterocycles. The van der Waals surface area contributed by atoms with Gasteiger partial charge in [-0.25, -0.2) is 0 Å². The molecular weight excluding hydrogens is 308 g/mol. The molecule has 124 valence electrons. The van der Waals surface area contributed by atoms with Gasteiger partial charge in [-0.1, -0.05) is 5.16 Å². The summed E-state index contributed by atoms with van der Waals surface area (Å²) in [5, 5.41) is 12.7. The van der Waals surface area contributed by atoms with Crippen molar-refractivity contribution in [3.8, 4) is 11.8 Å².